The number of aromatic nitrogens is 1. The van der Waals surface area contributed by atoms with Crippen molar-refractivity contribution in [1.29, 1.82) is 0 Å². The third-order valence-corrected chi connectivity index (χ3v) is 4.02. The Labute approximate surface area is 128 Å². The summed E-state index contributed by atoms with van der Waals surface area (Å²) >= 11 is 6.22. The SMILES string of the molecule is C[C@@H]1COCCN1c1cc(-c2ccccc2Cl)[nH]c(=O)c1. The normalized spacial score (nSPS) is 18.8. The summed E-state index contributed by atoms with van der Waals surface area (Å²) in [5, 5.41) is 0.625. The van der Waals surface area contributed by atoms with E-state index in [1.807, 2.05) is 30.3 Å². The molecule has 0 saturated carbocycles. The lowest BCUT2D eigenvalue weighted by Crippen LogP contribution is -2.44. The molecule has 1 aromatic carbocycles. The maximum absolute atomic E-state index is 12.0. The molecule has 0 spiro atoms. The second-order valence-corrected chi connectivity index (χ2v) is 5.62. The summed E-state index contributed by atoms with van der Waals surface area (Å²) < 4.78 is 5.45. The van der Waals surface area contributed by atoms with Crippen LogP contribution in [-0.2, 0) is 4.74 Å². The van der Waals surface area contributed by atoms with Gasteiger partial charge >= 0.3 is 0 Å². The van der Waals surface area contributed by atoms with Gasteiger partial charge in [0.1, 0.15) is 0 Å². The standard InChI is InChI=1S/C16H17ClN2O2/c1-11-10-21-7-6-19(11)12-8-15(18-16(20)9-12)13-4-2-3-5-14(13)17/h2-5,8-9,11H,6-7,10H2,1H3,(H,18,20)/t11-/m1/s1. The van der Waals surface area contributed by atoms with Crippen molar-refractivity contribution in [3.8, 4) is 11.3 Å². The average Bonchev–Trinajstić information content (AvgIpc) is 2.47. The minimum Gasteiger partial charge on any atom is -0.377 e. The predicted molar refractivity (Wildman–Crippen MR) is 85.1 cm³/mol. The lowest BCUT2D eigenvalue weighted by atomic mass is 10.1. The molecule has 1 aliphatic heterocycles. The second-order valence-electron chi connectivity index (χ2n) is 5.21. The van der Waals surface area contributed by atoms with Crippen LogP contribution in [0.3, 0.4) is 0 Å². The van der Waals surface area contributed by atoms with Gasteiger partial charge < -0.3 is 14.6 Å². The molecule has 0 unspecified atom stereocenters. The van der Waals surface area contributed by atoms with Crippen LogP contribution in [0.4, 0.5) is 5.69 Å². The van der Waals surface area contributed by atoms with E-state index in [1.165, 1.54) is 0 Å². The average molecular weight is 305 g/mol. The topological polar surface area (TPSA) is 45.3 Å². The van der Waals surface area contributed by atoms with Crippen LogP contribution < -0.4 is 10.5 Å². The van der Waals surface area contributed by atoms with Gasteiger partial charge in [0.2, 0.25) is 5.56 Å². The number of halogens is 1. The van der Waals surface area contributed by atoms with Gasteiger partial charge in [-0.05, 0) is 19.1 Å². The molecule has 1 atom stereocenters. The Bertz CT molecular complexity index is 699. The van der Waals surface area contributed by atoms with Crippen LogP contribution in [0, 0.1) is 0 Å². The minimum absolute atomic E-state index is 0.124. The van der Waals surface area contributed by atoms with E-state index in [9.17, 15) is 4.79 Å². The number of ether oxygens (including phenoxy) is 1. The summed E-state index contributed by atoms with van der Waals surface area (Å²) in [6.07, 6.45) is 0. The number of H-pyrrole nitrogens is 1. The molecule has 3 rings (SSSR count). The van der Waals surface area contributed by atoms with Crippen LogP contribution in [0.1, 0.15) is 6.92 Å². The number of anilines is 1. The van der Waals surface area contributed by atoms with Gasteiger partial charge in [0.05, 0.1) is 18.9 Å². The van der Waals surface area contributed by atoms with E-state index in [-0.39, 0.29) is 11.6 Å². The Hall–Kier alpha value is -1.78. The summed E-state index contributed by atoms with van der Waals surface area (Å²) in [6, 6.07) is 11.4. The zero-order chi connectivity index (χ0) is 14.8. The molecule has 2 heterocycles. The Kier molecular flexibility index (Phi) is 3.99. The molecule has 1 aliphatic rings. The molecule has 1 aromatic heterocycles. The van der Waals surface area contributed by atoms with Crippen molar-refractivity contribution >= 4 is 17.3 Å². The lowest BCUT2D eigenvalue weighted by molar-refractivity contribution is 0.0989. The van der Waals surface area contributed by atoms with Crippen molar-refractivity contribution in [2.24, 2.45) is 0 Å². The molecule has 0 bridgehead atoms. The van der Waals surface area contributed by atoms with Crippen LogP contribution in [0.5, 0.6) is 0 Å². The molecule has 0 amide bonds. The number of benzene rings is 1. The molecule has 1 N–H and O–H groups in total. The van der Waals surface area contributed by atoms with Gasteiger partial charge in [-0.3, -0.25) is 4.79 Å². The fourth-order valence-electron chi connectivity index (χ4n) is 2.63. The molecule has 0 radical (unpaired) electrons. The number of nitrogens with one attached hydrogen (secondary N) is 1. The smallest absolute Gasteiger partial charge is 0.250 e. The zero-order valence-corrected chi connectivity index (χ0v) is 12.6. The van der Waals surface area contributed by atoms with Gasteiger partial charge in [0, 0.05) is 34.9 Å². The highest BCUT2D eigenvalue weighted by Crippen LogP contribution is 2.28. The van der Waals surface area contributed by atoms with Crippen LogP contribution in [0.15, 0.2) is 41.2 Å². The van der Waals surface area contributed by atoms with E-state index in [4.69, 9.17) is 16.3 Å². The number of hydrogen-bond donors (Lipinski definition) is 1. The summed E-state index contributed by atoms with van der Waals surface area (Å²) in [7, 11) is 0. The molecular formula is C16H17ClN2O2. The van der Waals surface area contributed by atoms with Gasteiger partial charge in [-0.15, -0.1) is 0 Å². The molecule has 1 saturated heterocycles. The number of rotatable bonds is 2. The van der Waals surface area contributed by atoms with Gasteiger partial charge in [-0.25, -0.2) is 0 Å². The van der Waals surface area contributed by atoms with Crippen LogP contribution in [0.25, 0.3) is 11.3 Å². The first kappa shape index (κ1) is 14.2. The van der Waals surface area contributed by atoms with Crippen molar-refractivity contribution in [2.75, 3.05) is 24.7 Å². The van der Waals surface area contributed by atoms with Crippen molar-refractivity contribution in [1.82, 2.24) is 4.98 Å². The Balaban J connectivity index is 2.04. The Morgan fingerprint density at radius 3 is 2.90 bits per heavy atom. The quantitative estimate of drug-likeness (QED) is 0.928. The summed E-state index contributed by atoms with van der Waals surface area (Å²) in [6.45, 7) is 4.23. The number of morpholine rings is 1. The summed E-state index contributed by atoms with van der Waals surface area (Å²) in [5.74, 6) is 0. The van der Waals surface area contributed by atoms with Crippen LogP contribution >= 0.6 is 11.6 Å². The highest BCUT2D eigenvalue weighted by molar-refractivity contribution is 6.33. The summed E-state index contributed by atoms with van der Waals surface area (Å²) in [4.78, 5) is 17.0. The molecule has 4 nitrogen and oxygen atoms in total. The third-order valence-electron chi connectivity index (χ3n) is 3.69. The maximum atomic E-state index is 12.0. The van der Waals surface area contributed by atoms with Gasteiger partial charge in [-0.1, -0.05) is 29.8 Å². The molecular weight excluding hydrogens is 288 g/mol. The van der Waals surface area contributed by atoms with E-state index >= 15 is 0 Å². The zero-order valence-electron chi connectivity index (χ0n) is 11.8. The maximum Gasteiger partial charge on any atom is 0.250 e. The van der Waals surface area contributed by atoms with Crippen molar-refractivity contribution in [2.45, 2.75) is 13.0 Å². The first-order valence-corrected chi connectivity index (χ1v) is 7.36. The highest BCUT2D eigenvalue weighted by Gasteiger charge is 2.20. The number of nitrogens with zero attached hydrogens (tertiary/aromatic N) is 1. The fraction of sp³-hybridized carbons (Fsp3) is 0.312. The molecule has 1 fully saturated rings. The molecule has 0 aliphatic carbocycles. The van der Waals surface area contributed by atoms with Crippen LogP contribution in [-0.4, -0.2) is 30.8 Å². The van der Waals surface area contributed by atoms with Crippen molar-refractivity contribution < 1.29 is 4.74 Å². The number of pyridine rings is 1. The minimum atomic E-state index is -0.124. The third kappa shape index (κ3) is 2.96. The monoisotopic (exact) mass is 304 g/mol. The van der Waals surface area contributed by atoms with Gasteiger partial charge in [0.15, 0.2) is 0 Å². The fourth-order valence-corrected chi connectivity index (χ4v) is 2.87. The lowest BCUT2D eigenvalue weighted by Gasteiger charge is -2.35. The Morgan fingerprint density at radius 1 is 1.33 bits per heavy atom. The first-order chi connectivity index (χ1) is 10.1. The first-order valence-electron chi connectivity index (χ1n) is 6.99. The molecule has 5 heteroatoms. The number of aromatic amines is 1. The summed E-state index contributed by atoms with van der Waals surface area (Å²) in [5.41, 5.74) is 2.35. The number of hydrogen-bond acceptors (Lipinski definition) is 3. The second kappa shape index (κ2) is 5.92. The highest BCUT2D eigenvalue weighted by atomic mass is 35.5. The predicted octanol–water partition coefficient (Wildman–Crippen LogP) is 2.92. The van der Waals surface area contributed by atoms with Gasteiger partial charge in [0.25, 0.3) is 0 Å². The van der Waals surface area contributed by atoms with E-state index in [0.717, 1.165) is 23.5 Å². The van der Waals surface area contributed by atoms with Crippen molar-refractivity contribution in [3.63, 3.8) is 0 Å². The van der Waals surface area contributed by atoms with E-state index < -0.39 is 0 Å². The van der Waals surface area contributed by atoms with E-state index in [2.05, 4.69) is 16.8 Å². The Morgan fingerprint density at radius 2 is 2.14 bits per heavy atom. The van der Waals surface area contributed by atoms with E-state index in [0.29, 0.717) is 18.2 Å². The largest absolute Gasteiger partial charge is 0.377 e. The van der Waals surface area contributed by atoms with E-state index in [1.54, 1.807) is 6.07 Å². The molecule has 110 valence electrons. The molecule has 2 aromatic rings. The van der Waals surface area contributed by atoms with Crippen LogP contribution in [0.2, 0.25) is 5.02 Å². The van der Waals surface area contributed by atoms with Crippen molar-refractivity contribution in [3.05, 3.63) is 51.8 Å². The molecule has 21 heavy (non-hydrogen) atoms. The van der Waals surface area contributed by atoms with Gasteiger partial charge in [-0.2, -0.15) is 0 Å².